The monoisotopic (exact) mass is 485 g/mol. The molecule has 184 valence electrons. The molecule has 0 saturated carbocycles. The van der Waals surface area contributed by atoms with Crippen molar-refractivity contribution in [1.29, 1.82) is 0 Å². The third kappa shape index (κ3) is 5.20. The number of benzene rings is 3. The largest absolute Gasteiger partial charge is 0.481 e. The Labute approximate surface area is 207 Å². The van der Waals surface area contributed by atoms with E-state index in [4.69, 9.17) is 14.3 Å². The van der Waals surface area contributed by atoms with Gasteiger partial charge in [-0.2, -0.15) is 0 Å². The number of fused-ring (bicyclic) bond motifs is 4. The fraction of sp³-hybridized carbons (Fsp3) is 0.138. The summed E-state index contributed by atoms with van der Waals surface area (Å²) in [6, 6.07) is 14.4. The highest BCUT2D eigenvalue weighted by molar-refractivity contribution is 6.18. The summed E-state index contributed by atoms with van der Waals surface area (Å²) in [7, 11) is 3.89. The number of carboxylic acid groups (broad SMARTS) is 2. The number of nitrogens with zero attached hydrogens (tertiary/aromatic N) is 1. The van der Waals surface area contributed by atoms with E-state index in [-0.39, 0.29) is 11.0 Å². The molecule has 7 heteroatoms. The molecule has 1 heterocycles. The third-order valence-electron chi connectivity index (χ3n) is 5.54. The van der Waals surface area contributed by atoms with E-state index in [1.165, 1.54) is 18.2 Å². The van der Waals surface area contributed by atoms with E-state index >= 15 is 0 Å². The molecule has 0 spiro atoms. The number of hydrogen-bond acceptors (Lipinski definition) is 5. The Balaban J connectivity index is 0.000000840. The van der Waals surface area contributed by atoms with E-state index in [0.29, 0.717) is 16.7 Å². The van der Waals surface area contributed by atoms with Crippen LogP contribution >= 0.6 is 0 Å². The highest BCUT2D eigenvalue weighted by atomic mass is 16.4. The SMILES string of the molecule is C=C/C=C(C(=O)O)\C(=C/C)c1c2ccc(N(C)C)cc2oc2c1ccc1cc(=O)ccc12.CC(=O)O. The summed E-state index contributed by atoms with van der Waals surface area (Å²) < 4.78 is 6.38. The predicted molar refractivity (Wildman–Crippen MR) is 145 cm³/mol. The maximum atomic E-state index is 12.1. The smallest absolute Gasteiger partial charge is 0.336 e. The second-order valence-electron chi connectivity index (χ2n) is 8.22. The lowest BCUT2D eigenvalue weighted by Gasteiger charge is -2.18. The Bertz CT molecular complexity index is 1620. The molecule has 1 aromatic heterocycles. The summed E-state index contributed by atoms with van der Waals surface area (Å²) in [6.07, 6.45) is 4.76. The van der Waals surface area contributed by atoms with Gasteiger partial charge in [0.15, 0.2) is 5.43 Å². The lowest BCUT2D eigenvalue weighted by atomic mass is 9.90. The van der Waals surface area contributed by atoms with Gasteiger partial charge < -0.3 is 19.5 Å². The van der Waals surface area contributed by atoms with E-state index in [1.54, 1.807) is 18.2 Å². The van der Waals surface area contributed by atoms with Gasteiger partial charge in [0.25, 0.3) is 5.97 Å². The first-order valence-electron chi connectivity index (χ1n) is 11.1. The van der Waals surface area contributed by atoms with E-state index < -0.39 is 11.9 Å². The molecule has 0 atom stereocenters. The molecule has 0 radical (unpaired) electrons. The first kappa shape index (κ1) is 26.0. The number of rotatable bonds is 5. The van der Waals surface area contributed by atoms with Gasteiger partial charge in [0.1, 0.15) is 11.2 Å². The van der Waals surface area contributed by atoms with Crippen LogP contribution in [0.5, 0.6) is 0 Å². The number of carboxylic acids is 2. The van der Waals surface area contributed by atoms with Crippen molar-refractivity contribution in [3.05, 3.63) is 94.7 Å². The van der Waals surface area contributed by atoms with Gasteiger partial charge in [0.05, 0.1) is 5.57 Å². The van der Waals surface area contributed by atoms with Crippen LogP contribution in [0.15, 0.2) is 88.1 Å². The van der Waals surface area contributed by atoms with Crippen molar-refractivity contribution in [1.82, 2.24) is 0 Å². The standard InChI is InChI=1S/C27H23NO4.C2H4O2/c1-5-7-21(27(30)31)19(6-2)25-22-12-9-17(28(3)4)15-24(22)32-26-20-13-10-18(29)14-16(20)8-11-23(25)26;1-2(3)4/h5-15H,1H2,2-4H3,(H,30,31);1H3,(H,3,4)/b19-6+,21-7+;. The Hall–Kier alpha value is -4.65. The van der Waals surface area contributed by atoms with Crippen LogP contribution in [0.4, 0.5) is 5.69 Å². The van der Waals surface area contributed by atoms with Gasteiger partial charge in [-0.15, -0.1) is 0 Å². The molecule has 36 heavy (non-hydrogen) atoms. The van der Waals surface area contributed by atoms with Gasteiger partial charge in [-0.25, -0.2) is 4.79 Å². The average molecular weight is 486 g/mol. The maximum Gasteiger partial charge on any atom is 0.336 e. The lowest BCUT2D eigenvalue weighted by Crippen LogP contribution is -2.08. The average Bonchev–Trinajstić information content (AvgIpc) is 2.82. The van der Waals surface area contributed by atoms with Crippen LogP contribution < -0.4 is 10.3 Å². The summed E-state index contributed by atoms with van der Waals surface area (Å²) >= 11 is 0. The minimum absolute atomic E-state index is 0.0796. The van der Waals surface area contributed by atoms with Gasteiger partial charge in [0.2, 0.25) is 0 Å². The normalized spacial score (nSPS) is 11.8. The number of allylic oxidation sites excluding steroid dienone is 3. The molecule has 2 N–H and O–H groups in total. The number of aliphatic carboxylic acids is 2. The van der Waals surface area contributed by atoms with Gasteiger partial charge in [-0.1, -0.05) is 24.8 Å². The van der Waals surface area contributed by atoms with Crippen molar-refractivity contribution in [3.63, 3.8) is 0 Å². The molecule has 3 aromatic carbocycles. The maximum absolute atomic E-state index is 12.1. The molecule has 4 aromatic rings. The van der Waals surface area contributed by atoms with Crippen LogP contribution in [-0.4, -0.2) is 36.2 Å². The van der Waals surface area contributed by atoms with Crippen LogP contribution in [0, 0.1) is 0 Å². The quantitative estimate of drug-likeness (QED) is 0.158. The molecule has 0 fully saturated rings. The Morgan fingerprint density at radius 2 is 1.61 bits per heavy atom. The summed E-state index contributed by atoms with van der Waals surface area (Å²) in [4.78, 5) is 35.0. The van der Waals surface area contributed by atoms with Crippen LogP contribution in [0.1, 0.15) is 19.4 Å². The Morgan fingerprint density at radius 1 is 0.972 bits per heavy atom. The first-order chi connectivity index (χ1) is 17.1. The van der Waals surface area contributed by atoms with Crippen molar-refractivity contribution in [2.45, 2.75) is 13.8 Å². The minimum atomic E-state index is -1.04. The Kier molecular flexibility index (Phi) is 7.74. The minimum Gasteiger partial charge on any atom is -0.481 e. The number of carbonyl (C=O) groups is 2. The number of anilines is 1. The van der Waals surface area contributed by atoms with Crippen molar-refractivity contribution in [3.8, 4) is 0 Å². The lowest BCUT2D eigenvalue weighted by molar-refractivity contribution is -0.134. The van der Waals surface area contributed by atoms with Gasteiger partial charge in [-0.05, 0) is 60.4 Å². The van der Waals surface area contributed by atoms with E-state index in [0.717, 1.165) is 39.7 Å². The van der Waals surface area contributed by atoms with E-state index in [2.05, 4.69) is 6.58 Å². The topological polar surface area (TPSA) is 108 Å². The van der Waals surface area contributed by atoms with E-state index in [1.807, 2.05) is 56.3 Å². The molecule has 0 amide bonds. The van der Waals surface area contributed by atoms with Crippen molar-refractivity contribution in [2.75, 3.05) is 19.0 Å². The fourth-order valence-corrected chi connectivity index (χ4v) is 4.04. The molecule has 0 aliphatic carbocycles. The zero-order chi connectivity index (χ0) is 26.6. The van der Waals surface area contributed by atoms with Crippen molar-refractivity contribution < 1.29 is 24.2 Å². The third-order valence-corrected chi connectivity index (χ3v) is 5.54. The molecular formula is C29H27NO6. The Morgan fingerprint density at radius 3 is 2.19 bits per heavy atom. The molecule has 7 nitrogen and oxygen atoms in total. The molecular weight excluding hydrogens is 458 g/mol. The summed E-state index contributed by atoms with van der Waals surface area (Å²) in [5, 5.41) is 20.5. The van der Waals surface area contributed by atoms with Gasteiger partial charge in [0, 0.05) is 54.5 Å². The molecule has 0 unspecified atom stereocenters. The summed E-state index contributed by atoms with van der Waals surface area (Å²) in [5.74, 6) is -1.87. The van der Waals surface area contributed by atoms with Crippen LogP contribution in [0.2, 0.25) is 0 Å². The molecule has 0 aliphatic heterocycles. The van der Waals surface area contributed by atoms with Crippen LogP contribution in [0.25, 0.3) is 38.3 Å². The molecule has 0 aliphatic rings. The van der Waals surface area contributed by atoms with Crippen molar-refractivity contribution >= 4 is 55.9 Å². The highest BCUT2D eigenvalue weighted by Crippen LogP contribution is 2.40. The molecule has 4 rings (SSSR count). The second-order valence-corrected chi connectivity index (χ2v) is 8.22. The second kappa shape index (κ2) is 10.7. The van der Waals surface area contributed by atoms with Gasteiger partial charge in [-0.3, -0.25) is 9.59 Å². The predicted octanol–water partition coefficient (Wildman–Crippen LogP) is 5.86. The van der Waals surface area contributed by atoms with Crippen molar-refractivity contribution in [2.24, 2.45) is 0 Å². The molecule has 0 saturated heterocycles. The fourth-order valence-electron chi connectivity index (χ4n) is 4.04. The van der Waals surface area contributed by atoms with E-state index in [9.17, 15) is 14.7 Å². The zero-order valence-corrected chi connectivity index (χ0v) is 20.5. The summed E-state index contributed by atoms with van der Waals surface area (Å²) in [5.41, 5.74) is 3.57. The summed E-state index contributed by atoms with van der Waals surface area (Å²) in [6.45, 7) is 6.58. The zero-order valence-electron chi connectivity index (χ0n) is 20.5. The number of hydrogen-bond donors (Lipinski definition) is 2. The highest BCUT2D eigenvalue weighted by Gasteiger charge is 2.21. The van der Waals surface area contributed by atoms with Crippen LogP contribution in [-0.2, 0) is 9.59 Å². The van der Waals surface area contributed by atoms with Gasteiger partial charge >= 0.3 is 5.97 Å². The van der Waals surface area contributed by atoms with Crippen LogP contribution in [0.3, 0.4) is 0 Å². The first-order valence-corrected chi connectivity index (χ1v) is 11.1. The molecule has 0 bridgehead atoms.